The zero-order valence-electron chi connectivity index (χ0n) is 10.0. The Balaban J connectivity index is 2.00. The summed E-state index contributed by atoms with van der Waals surface area (Å²) < 4.78 is 2.77. The van der Waals surface area contributed by atoms with Crippen LogP contribution in [0.1, 0.15) is 0 Å². The summed E-state index contributed by atoms with van der Waals surface area (Å²) in [5.74, 6) is 0. The first-order valence-corrected chi connectivity index (χ1v) is 6.57. The van der Waals surface area contributed by atoms with E-state index in [1.165, 1.54) is 5.39 Å². The summed E-state index contributed by atoms with van der Waals surface area (Å²) >= 11 is 2.61. The molecule has 0 aliphatic carbocycles. The lowest BCUT2D eigenvalue weighted by atomic mass is 10.1. The second-order valence-electron chi connectivity index (χ2n) is 4.45. The third kappa shape index (κ3) is 1.67. The SMILES string of the molecule is [Al][c]1ccc2ncc(-c3ccc4[nH]ccc4c3)n2n1. The van der Waals surface area contributed by atoms with E-state index in [1.54, 1.807) is 0 Å². The van der Waals surface area contributed by atoms with Gasteiger partial charge in [-0.3, -0.25) is 0 Å². The van der Waals surface area contributed by atoms with E-state index in [1.807, 2.05) is 29.0 Å². The van der Waals surface area contributed by atoms with Crippen molar-refractivity contribution in [3.05, 3.63) is 48.8 Å². The van der Waals surface area contributed by atoms with E-state index < -0.39 is 0 Å². The Morgan fingerprint density at radius 1 is 1.11 bits per heavy atom. The summed E-state index contributed by atoms with van der Waals surface area (Å²) in [5, 5.41) is 5.68. The molecule has 1 aromatic carbocycles. The van der Waals surface area contributed by atoms with Gasteiger partial charge in [0.25, 0.3) is 0 Å². The number of hydrogen-bond donors (Lipinski definition) is 1. The fourth-order valence-corrected chi connectivity index (χ4v) is 2.51. The van der Waals surface area contributed by atoms with Crippen LogP contribution in [0.4, 0.5) is 0 Å². The van der Waals surface area contributed by atoms with Crippen LogP contribution < -0.4 is 4.56 Å². The summed E-state index contributed by atoms with van der Waals surface area (Å²) in [6.45, 7) is 0. The molecule has 0 saturated carbocycles. The second-order valence-corrected chi connectivity index (χ2v) is 5.04. The Hall–Kier alpha value is -2.09. The molecule has 0 unspecified atom stereocenters. The van der Waals surface area contributed by atoms with Crippen LogP contribution in [-0.4, -0.2) is 35.9 Å². The highest BCUT2D eigenvalue weighted by atomic mass is 27.0. The lowest BCUT2D eigenvalue weighted by molar-refractivity contribution is 0.965. The van der Waals surface area contributed by atoms with Gasteiger partial charge < -0.3 is 4.98 Å². The smallest absolute Gasteiger partial charge is 0.212 e. The molecule has 19 heavy (non-hydrogen) atoms. The molecule has 4 rings (SSSR count). The summed E-state index contributed by atoms with van der Waals surface area (Å²) in [5.41, 5.74) is 4.11. The molecule has 0 fully saturated rings. The first-order valence-electron chi connectivity index (χ1n) is 5.99. The molecule has 5 heteroatoms. The summed E-state index contributed by atoms with van der Waals surface area (Å²) in [6, 6.07) is 12.3. The molecule has 0 aliphatic rings. The Labute approximate surface area is 117 Å². The van der Waals surface area contributed by atoms with Gasteiger partial charge in [-0.2, -0.15) is 5.10 Å². The minimum absolute atomic E-state index is 0.857. The quantitative estimate of drug-likeness (QED) is 0.529. The van der Waals surface area contributed by atoms with E-state index in [2.05, 4.69) is 55.6 Å². The van der Waals surface area contributed by atoms with Crippen LogP contribution in [0, 0.1) is 0 Å². The number of aromatic nitrogens is 4. The highest BCUT2D eigenvalue weighted by Crippen LogP contribution is 2.23. The van der Waals surface area contributed by atoms with Crippen molar-refractivity contribution in [3.8, 4) is 11.3 Å². The zero-order chi connectivity index (χ0) is 12.8. The van der Waals surface area contributed by atoms with Gasteiger partial charge in [0, 0.05) is 22.7 Å². The standard InChI is InChI=1S/C14H9N4.Al/c1-2-14-16-9-13(18(14)17-6-1)11-3-4-12-10(8-11)5-7-15-12;/h1-5,7-9,15H;. The van der Waals surface area contributed by atoms with Crippen LogP contribution >= 0.6 is 0 Å². The van der Waals surface area contributed by atoms with E-state index in [-0.39, 0.29) is 0 Å². The van der Waals surface area contributed by atoms with Crippen molar-refractivity contribution >= 4 is 37.4 Å². The van der Waals surface area contributed by atoms with Gasteiger partial charge in [-0.05, 0) is 28.8 Å². The van der Waals surface area contributed by atoms with Gasteiger partial charge in [0.1, 0.15) is 0 Å². The molecule has 4 nitrogen and oxygen atoms in total. The minimum atomic E-state index is 0.857. The maximum absolute atomic E-state index is 4.49. The molecular weight excluding hydrogens is 251 g/mol. The van der Waals surface area contributed by atoms with E-state index in [0.717, 1.165) is 27.0 Å². The molecular formula is C14H9AlN4. The second kappa shape index (κ2) is 3.95. The average molecular weight is 260 g/mol. The third-order valence-electron chi connectivity index (χ3n) is 3.23. The Morgan fingerprint density at radius 2 is 2.05 bits per heavy atom. The van der Waals surface area contributed by atoms with Gasteiger partial charge in [0.15, 0.2) is 5.65 Å². The van der Waals surface area contributed by atoms with Crippen molar-refractivity contribution in [2.75, 3.05) is 0 Å². The van der Waals surface area contributed by atoms with Gasteiger partial charge in [0.2, 0.25) is 16.3 Å². The molecule has 4 aromatic rings. The Morgan fingerprint density at radius 3 is 3.00 bits per heavy atom. The first kappa shape index (κ1) is 10.8. The highest BCUT2D eigenvalue weighted by molar-refractivity contribution is 6.30. The molecule has 0 spiro atoms. The number of nitrogens with zero attached hydrogens (tertiary/aromatic N) is 3. The van der Waals surface area contributed by atoms with E-state index >= 15 is 0 Å². The van der Waals surface area contributed by atoms with Gasteiger partial charge in [-0.25, -0.2) is 9.50 Å². The maximum atomic E-state index is 4.49. The topological polar surface area (TPSA) is 46.0 Å². The van der Waals surface area contributed by atoms with Crippen LogP contribution in [0.15, 0.2) is 48.8 Å². The summed E-state index contributed by atoms with van der Waals surface area (Å²) in [6.07, 6.45) is 3.81. The predicted octanol–water partition coefficient (Wildman–Crippen LogP) is 1.67. The Kier molecular flexibility index (Phi) is 2.25. The predicted molar refractivity (Wildman–Crippen MR) is 75.7 cm³/mol. The summed E-state index contributed by atoms with van der Waals surface area (Å²) in [4.78, 5) is 7.58. The fourth-order valence-electron chi connectivity index (χ4n) is 2.30. The largest absolute Gasteiger partial charge is 0.361 e. The number of rotatable bonds is 1. The number of nitrogens with one attached hydrogen (secondary N) is 1. The zero-order valence-corrected chi connectivity index (χ0v) is 11.2. The normalized spacial score (nSPS) is 11.4. The molecule has 0 saturated heterocycles. The molecule has 0 amide bonds. The molecule has 0 atom stereocenters. The van der Waals surface area contributed by atoms with Crippen molar-refractivity contribution in [2.24, 2.45) is 0 Å². The molecule has 1 N–H and O–H groups in total. The molecule has 3 aromatic heterocycles. The van der Waals surface area contributed by atoms with E-state index in [4.69, 9.17) is 0 Å². The average Bonchev–Trinajstić information content (AvgIpc) is 3.03. The molecule has 2 radical (unpaired) electrons. The fraction of sp³-hybridized carbons (Fsp3) is 0. The van der Waals surface area contributed by atoms with Crippen molar-refractivity contribution in [3.63, 3.8) is 0 Å². The van der Waals surface area contributed by atoms with Gasteiger partial charge in [-0.1, -0.05) is 12.1 Å². The lowest BCUT2D eigenvalue weighted by Gasteiger charge is -2.03. The van der Waals surface area contributed by atoms with E-state index in [9.17, 15) is 0 Å². The van der Waals surface area contributed by atoms with Crippen LogP contribution in [0.5, 0.6) is 0 Å². The number of benzene rings is 1. The van der Waals surface area contributed by atoms with E-state index in [0.29, 0.717) is 0 Å². The van der Waals surface area contributed by atoms with Crippen LogP contribution in [0.2, 0.25) is 0 Å². The third-order valence-corrected chi connectivity index (χ3v) is 3.54. The molecule has 0 bridgehead atoms. The number of H-pyrrole nitrogens is 1. The monoisotopic (exact) mass is 260 g/mol. The number of fused-ring (bicyclic) bond motifs is 2. The minimum Gasteiger partial charge on any atom is -0.361 e. The molecule has 88 valence electrons. The van der Waals surface area contributed by atoms with Crippen LogP contribution in [-0.2, 0) is 0 Å². The Bertz CT molecular complexity index is 891. The molecule has 3 heterocycles. The number of hydrogen-bond acceptors (Lipinski definition) is 2. The number of imidazole rings is 1. The maximum Gasteiger partial charge on any atom is 0.212 e. The van der Waals surface area contributed by atoms with Crippen LogP contribution in [0.25, 0.3) is 27.8 Å². The van der Waals surface area contributed by atoms with Crippen molar-refractivity contribution in [1.82, 2.24) is 19.6 Å². The van der Waals surface area contributed by atoms with Crippen molar-refractivity contribution in [1.29, 1.82) is 0 Å². The van der Waals surface area contributed by atoms with Crippen molar-refractivity contribution in [2.45, 2.75) is 0 Å². The lowest BCUT2D eigenvalue weighted by Crippen LogP contribution is -2.12. The number of aromatic amines is 1. The van der Waals surface area contributed by atoms with Crippen LogP contribution in [0.3, 0.4) is 0 Å². The van der Waals surface area contributed by atoms with Crippen molar-refractivity contribution < 1.29 is 0 Å². The highest BCUT2D eigenvalue weighted by Gasteiger charge is 2.07. The van der Waals surface area contributed by atoms with Gasteiger partial charge >= 0.3 is 0 Å². The molecule has 0 aliphatic heterocycles. The first-order chi connectivity index (χ1) is 9.31. The van der Waals surface area contributed by atoms with Gasteiger partial charge in [-0.15, -0.1) is 0 Å². The summed E-state index contributed by atoms with van der Waals surface area (Å²) in [7, 11) is 0. The van der Waals surface area contributed by atoms with Gasteiger partial charge in [0.05, 0.1) is 11.9 Å².